The zero-order chi connectivity index (χ0) is 14.6. The molecular formula is C11H19N3O5. The van der Waals surface area contributed by atoms with Crippen LogP contribution in [0, 0.1) is 0 Å². The van der Waals surface area contributed by atoms with Crippen molar-refractivity contribution >= 4 is 17.9 Å². The number of aliphatic hydroxyl groups is 1. The molecule has 3 amide bonds. The highest BCUT2D eigenvalue weighted by atomic mass is 16.4. The van der Waals surface area contributed by atoms with Gasteiger partial charge in [-0.2, -0.15) is 0 Å². The van der Waals surface area contributed by atoms with E-state index in [-0.39, 0.29) is 5.91 Å². The Morgan fingerprint density at radius 3 is 2.47 bits per heavy atom. The molecule has 3 atom stereocenters. The third kappa shape index (κ3) is 3.57. The van der Waals surface area contributed by atoms with Crippen LogP contribution >= 0.6 is 0 Å². The number of carboxylic acid groups (broad SMARTS) is 1. The Balaban J connectivity index is 2.71. The predicted molar refractivity (Wildman–Crippen MR) is 65.4 cm³/mol. The van der Waals surface area contributed by atoms with Crippen molar-refractivity contribution in [2.75, 3.05) is 13.6 Å². The number of aliphatic hydroxyl groups excluding tert-OH is 1. The average molecular weight is 273 g/mol. The Morgan fingerprint density at radius 1 is 1.37 bits per heavy atom. The second kappa shape index (κ2) is 6.37. The molecule has 4 N–H and O–H groups in total. The van der Waals surface area contributed by atoms with Gasteiger partial charge in [0.05, 0.1) is 6.10 Å². The number of aliphatic carboxylic acids is 1. The van der Waals surface area contributed by atoms with Crippen LogP contribution in [0.2, 0.25) is 0 Å². The standard InChI is InChI=1S/C11H19N3O5/c1-6(15)8(10(17)18)13-11(19)14-5-3-4-7(14)9(16)12-2/h6-8,15H,3-5H2,1-2H3,(H,12,16)(H,13,19)(H,17,18)/t6-,7?,8+/m1/s1. The SMILES string of the molecule is CNC(=O)C1CCCN1C(=O)N[C@H](C(=O)O)[C@@H](C)O. The number of likely N-dealkylation sites (N-methyl/N-ethyl adjacent to an activating group) is 1. The Morgan fingerprint density at radius 2 is 2.00 bits per heavy atom. The van der Waals surface area contributed by atoms with Crippen molar-refractivity contribution in [3.05, 3.63) is 0 Å². The van der Waals surface area contributed by atoms with E-state index in [0.717, 1.165) is 0 Å². The first-order valence-corrected chi connectivity index (χ1v) is 6.08. The number of carboxylic acids is 1. The maximum Gasteiger partial charge on any atom is 0.328 e. The quantitative estimate of drug-likeness (QED) is 0.510. The van der Waals surface area contributed by atoms with Gasteiger partial charge < -0.3 is 25.7 Å². The normalized spacial score (nSPS) is 21.6. The summed E-state index contributed by atoms with van der Waals surface area (Å²) in [5.74, 6) is -1.60. The smallest absolute Gasteiger partial charge is 0.328 e. The Bertz CT molecular complexity index is 371. The van der Waals surface area contributed by atoms with E-state index in [0.29, 0.717) is 19.4 Å². The van der Waals surface area contributed by atoms with Crippen LogP contribution in [0.15, 0.2) is 0 Å². The largest absolute Gasteiger partial charge is 0.480 e. The van der Waals surface area contributed by atoms with E-state index in [4.69, 9.17) is 5.11 Å². The van der Waals surface area contributed by atoms with Gasteiger partial charge in [-0.05, 0) is 19.8 Å². The number of nitrogens with zero attached hydrogens (tertiary/aromatic N) is 1. The minimum atomic E-state index is -1.39. The number of carbonyl (C=O) groups is 3. The van der Waals surface area contributed by atoms with E-state index >= 15 is 0 Å². The van der Waals surface area contributed by atoms with Gasteiger partial charge in [0, 0.05) is 13.6 Å². The lowest BCUT2D eigenvalue weighted by atomic mass is 10.2. The van der Waals surface area contributed by atoms with Crippen LogP contribution in [0.25, 0.3) is 0 Å². The summed E-state index contributed by atoms with van der Waals surface area (Å²) < 4.78 is 0. The molecule has 19 heavy (non-hydrogen) atoms. The predicted octanol–water partition coefficient (Wildman–Crippen LogP) is -1.26. The first kappa shape index (κ1) is 15.2. The molecule has 1 unspecified atom stereocenters. The van der Waals surface area contributed by atoms with Gasteiger partial charge in [0.15, 0.2) is 6.04 Å². The fraction of sp³-hybridized carbons (Fsp3) is 0.727. The fourth-order valence-corrected chi connectivity index (χ4v) is 2.05. The zero-order valence-corrected chi connectivity index (χ0v) is 10.9. The third-order valence-corrected chi connectivity index (χ3v) is 3.09. The van der Waals surface area contributed by atoms with Crippen molar-refractivity contribution < 1.29 is 24.6 Å². The summed E-state index contributed by atoms with van der Waals surface area (Å²) in [6, 6.07) is -2.63. The first-order chi connectivity index (χ1) is 8.88. The fourth-order valence-electron chi connectivity index (χ4n) is 2.05. The monoisotopic (exact) mass is 273 g/mol. The number of hydrogen-bond acceptors (Lipinski definition) is 4. The van der Waals surface area contributed by atoms with Crippen LogP contribution in [0.5, 0.6) is 0 Å². The van der Waals surface area contributed by atoms with Crippen LogP contribution in [0.3, 0.4) is 0 Å². The second-order valence-electron chi connectivity index (χ2n) is 4.47. The molecule has 0 radical (unpaired) electrons. The molecule has 8 heteroatoms. The van der Waals surface area contributed by atoms with Crippen molar-refractivity contribution in [3.8, 4) is 0 Å². The van der Waals surface area contributed by atoms with Crippen molar-refractivity contribution in [1.29, 1.82) is 0 Å². The molecule has 0 aromatic heterocycles. The lowest BCUT2D eigenvalue weighted by molar-refractivity contribution is -0.141. The van der Waals surface area contributed by atoms with E-state index in [1.54, 1.807) is 0 Å². The molecule has 0 aromatic rings. The number of likely N-dealkylation sites (tertiary alicyclic amines) is 1. The molecular weight excluding hydrogens is 254 g/mol. The number of urea groups is 1. The second-order valence-corrected chi connectivity index (χ2v) is 4.47. The summed E-state index contributed by atoms with van der Waals surface area (Å²) >= 11 is 0. The van der Waals surface area contributed by atoms with Gasteiger partial charge in [-0.3, -0.25) is 4.79 Å². The maximum atomic E-state index is 12.0. The molecule has 1 fully saturated rings. The Hall–Kier alpha value is -1.83. The minimum Gasteiger partial charge on any atom is -0.480 e. The van der Waals surface area contributed by atoms with Crippen molar-refractivity contribution in [2.45, 2.75) is 38.0 Å². The maximum absolute atomic E-state index is 12.0. The van der Waals surface area contributed by atoms with Crippen molar-refractivity contribution in [1.82, 2.24) is 15.5 Å². The lowest BCUT2D eigenvalue weighted by Gasteiger charge is -2.26. The highest BCUT2D eigenvalue weighted by molar-refractivity contribution is 5.89. The van der Waals surface area contributed by atoms with Crippen molar-refractivity contribution in [2.24, 2.45) is 0 Å². The van der Waals surface area contributed by atoms with Gasteiger partial charge in [0.25, 0.3) is 0 Å². The number of hydrogen-bond donors (Lipinski definition) is 4. The molecule has 8 nitrogen and oxygen atoms in total. The molecule has 1 aliphatic heterocycles. The molecule has 1 saturated heterocycles. The van der Waals surface area contributed by atoms with E-state index < -0.39 is 30.2 Å². The van der Waals surface area contributed by atoms with Gasteiger partial charge in [-0.1, -0.05) is 0 Å². The summed E-state index contributed by atoms with van der Waals surface area (Å²) in [6.45, 7) is 1.66. The van der Waals surface area contributed by atoms with Crippen LogP contribution in [0.4, 0.5) is 4.79 Å². The molecule has 1 rings (SSSR count). The summed E-state index contributed by atoms with van der Waals surface area (Å²) in [5, 5.41) is 22.9. The number of carbonyl (C=O) groups excluding carboxylic acids is 2. The van der Waals surface area contributed by atoms with Crippen LogP contribution in [-0.2, 0) is 9.59 Å². The number of rotatable bonds is 4. The van der Waals surface area contributed by atoms with Gasteiger partial charge in [-0.25, -0.2) is 9.59 Å². The summed E-state index contributed by atoms with van der Waals surface area (Å²) in [6.07, 6.45) is -0.000227. The number of nitrogens with one attached hydrogen (secondary N) is 2. The third-order valence-electron chi connectivity index (χ3n) is 3.09. The molecule has 0 bridgehead atoms. The van der Waals surface area contributed by atoms with E-state index in [9.17, 15) is 19.5 Å². The molecule has 1 aliphatic rings. The van der Waals surface area contributed by atoms with Crippen LogP contribution < -0.4 is 10.6 Å². The molecule has 0 aromatic carbocycles. The van der Waals surface area contributed by atoms with Gasteiger partial charge >= 0.3 is 12.0 Å². The highest BCUT2D eigenvalue weighted by Gasteiger charge is 2.36. The zero-order valence-electron chi connectivity index (χ0n) is 10.9. The minimum absolute atomic E-state index is 0.281. The summed E-state index contributed by atoms with van der Waals surface area (Å²) in [5.41, 5.74) is 0. The molecule has 108 valence electrons. The summed E-state index contributed by atoms with van der Waals surface area (Å²) in [4.78, 5) is 35.7. The molecule has 0 saturated carbocycles. The van der Waals surface area contributed by atoms with Crippen molar-refractivity contribution in [3.63, 3.8) is 0 Å². The van der Waals surface area contributed by atoms with Gasteiger partial charge in [-0.15, -0.1) is 0 Å². The topological polar surface area (TPSA) is 119 Å². The van der Waals surface area contributed by atoms with Gasteiger partial charge in [0.1, 0.15) is 6.04 Å². The number of amides is 3. The highest BCUT2D eigenvalue weighted by Crippen LogP contribution is 2.17. The Labute approximate surface area is 110 Å². The molecule has 0 spiro atoms. The van der Waals surface area contributed by atoms with Gasteiger partial charge in [0.2, 0.25) is 5.91 Å². The summed E-state index contributed by atoms with van der Waals surface area (Å²) in [7, 11) is 1.48. The average Bonchev–Trinajstić information content (AvgIpc) is 2.82. The molecule has 0 aliphatic carbocycles. The van der Waals surface area contributed by atoms with E-state index in [1.807, 2.05) is 0 Å². The van der Waals surface area contributed by atoms with E-state index in [1.165, 1.54) is 18.9 Å². The molecule has 1 heterocycles. The van der Waals surface area contributed by atoms with Crippen LogP contribution in [0.1, 0.15) is 19.8 Å². The first-order valence-electron chi connectivity index (χ1n) is 6.08. The lowest BCUT2D eigenvalue weighted by Crippen LogP contribution is -2.55. The van der Waals surface area contributed by atoms with E-state index in [2.05, 4.69) is 10.6 Å². The van der Waals surface area contributed by atoms with Crippen LogP contribution in [-0.4, -0.2) is 64.8 Å². The Kier molecular flexibility index (Phi) is 5.11.